The van der Waals surface area contributed by atoms with Gasteiger partial charge in [0.05, 0.1) is 0 Å². The second-order valence-electron chi connectivity index (χ2n) is 6.67. The van der Waals surface area contributed by atoms with Crippen LogP contribution in [0.1, 0.15) is 32.1 Å². The number of hydrogen-bond acceptors (Lipinski definition) is 5. The van der Waals surface area contributed by atoms with Crippen LogP contribution in [0.25, 0.3) is 11.4 Å². The zero-order chi connectivity index (χ0) is 17.6. The third-order valence-electron chi connectivity index (χ3n) is 4.67. The molecule has 0 unspecified atom stereocenters. The lowest BCUT2D eigenvalue weighted by Crippen LogP contribution is -2.23. The van der Waals surface area contributed by atoms with Gasteiger partial charge in [0.1, 0.15) is 11.6 Å². The minimum absolute atomic E-state index is 0.496. The van der Waals surface area contributed by atoms with Crippen LogP contribution in [0.2, 0.25) is 0 Å². The summed E-state index contributed by atoms with van der Waals surface area (Å²) in [6, 6.07) is 16.4. The summed E-state index contributed by atoms with van der Waals surface area (Å²) in [4.78, 5) is 13.5. The Bertz CT molecular complexity index is 830. The van der Waals surface area contributed by atoms with Gasteiger partial charge in [-0.05, 0) is 25.0 Å². The van der Waals surface area contributed by atoms with E-state index in [4.69, 9.17) is 9.97 Å². The van der Waals surface area contributed by atoms with Crippen molar-refractivity contribution in [2.24, 2.45) is 0 Å². The van der Waals surface area contributed by atoms with Gasteiger partial charge >= 0.3 is 0 Å². The summed E-state index contributed by atoms with van der Waals surface area (Å²) in [5.74, 6) is 2.38. The predicted molar refractivity (Wildman–Crippen MR) is 105 cm³/mol. The summed E-state index contributed by atoms with van der Waals surface area (Å²) >= 11 is 0. The summed E-state index contributed by atoms with van der Waals surface area (Å²) in [6.07, 6.45) is 9.86. The first-order valence-corrected chi connectivity index (χ1v) is 9.25. The third-order valence-corrected chi connectivity index (χ3v) is 4.67. The Kier molecular flexibility index (Phi) is 5.05. The molecule has 0 saturated heterocycles. The van der Waals surface area contributed by atoms with E-state index < -0.39 is 0 Å². The molecule has 0 bridgehead atoms. The van der Waals surface area contributed by atoms with Crippen LogP contribution in [0.3, 0.4) is 0 Å². The molecule has 0 radical (unpaired) electrons. The van der Waals surface area contributed by atoms with Crippen molar-refractivity contribution in [1.82, 2.24) is 15.0 Å². The van der Waals surface area contributed by atoms with Crippen molar-refractivity contribution in [3.63, 3.8) is 0 Å². The molecule has 2 heterocycles. The molecule has 0 atom stereocenters. The number of nitrogens with one attached hydrogen (secondary N) is 2. The Balaban J connectivity index is 1.64. The number of nitrogens with zero attached hydrogens (tertiary/aromatic N) is 3. The van der Waals surface area contributed by atoms with Crippen molar-refractivity contribution >= 4 is 17.3 Å². The summed E-state index contributed by atoms with van der Waals surface area (Å²) < 4.78 is 0. The lowest BCUT2D eigenvalue weighted by Gasteiger charge is -2.23. The molecule has 2 N–H and O–H groups in total. The minimum atomic E-state index is 0.496. The molecular formula is C21H23N5. The highest BCUT2D eigenvalue weighted by molar-refractivity contribution is 5.65. The maximum atomic E-state index is 4.76. The van der Waals surface area contributed by atoms with Gasteiger partial charge in [-0.3, -0.25) is 4.98 Å². The normalized spacial score (nSPS) is 14.8. The van der Waals surface area contributed by atoms with Crippen molar-refractivity contribution in [3.8, 4) is 11.4 Å². The van der Waals surface area contributed by atoms with Crippen molar-refractivity contribution in [2.45, 2.75) is 38.1 Å². The van der Waals surface area contributed by atoms with Crippen LogP contribution < -0.4 is 10.6 Å². The van der Waals surface area contributed by atoms with E-state index in [2.05, 4.69) is 15.6 Å². The molecule has 3 aromatic rings. The van der Waals surface area contributed by atoms with Crippen molar-refractivity contribution in [3.05, 3.63) is 60.9 Å². The number of anilines is 3. The standard InChI is InChI=1S/C21H23N5/c1-3-7-16(8-4-1)21-25-19(23-17-9-5-2-6-10-17)15-20(26-21)24-18-11-13-22-14-12-18/h1,3-4,7-8,11-15,17H,2,5-6,9-10H2,(H2,22,23,24,25,26). The molecule has 1 saturated carbocycles. The van der Waals surface area contributed by atoms with Crippen molar-refractivity contribution in [2.75, 3.05) is 10.6 Å². The van der Waals surface area contributed by atoms with Gasteiger partial charge < -0.3 is 10.6 Å². The Morgan fingerprint density at radius 3 is 2.31 bits per heavy atom. The second-order valence-corrected chi connectivity index (χ2v) is 6.67. The largest absolute Gasteiger partial charge is 0.367 e. The first kappa shape index (κ1) is 16.5. The third kappa shape index (κ3) is 4.17. The van der Waals surface area contributed by atoms with E-state index in [1.165, 1.54) is 32.1 Å². The lowest BCUT2D eigenvalue weighted by molar-refractivity contribution is 0.462. The highest BCUT2D eigenvalue weighted by Crippen LogP contribution is 2.25. The van der Waals surface area contributed by atoms with Gasteiger partial charge in [-0.1, -0.05) is 49.6 Å². The zero-order valence-electron chi connectivity index (χ0n) is 14.7. The molecule has 1 aliphatic carbocycles. The van der Waals surface area contributed by atoms with E-state index >= 15 is 0 Å². The fourth-order valence-electron chi connectivity index (χ4n) is 3.34. The van der Waals surface area contributed by atoms with Crippen LogP contribution in [0.15, 0.2) is 60.9 Å². The molecule has 132 valence electrons. The number of benzene rings is 1. The maximum Gasteiger partial charge on any atom is 0.163 e. The summed E-state index contributed by atoms with van der Waals surface area (Å²) in [5, 5.41) is 6.97. The number of hydrogen-bond donors (Lipinski definition) is 2. The van der Waals surface area contributed by atoms with E-state index in [0.29, 0.717) is 6.04 Å². The molecular weight excluding hydrogens is 322 g/mol. The summed E-state index contributed by atoms with van der Waals surface area (Å²) in [7, 11) is 0. The van der Waals surface area contributed by atoms with Crippen LogP contribution in [0.5, 0.6) is 0 Å². The molecule has 1 fully saturated rings. The molecule has 0 amide bonds. The Morgan fingerprint density at radius 1 is 0.808 bits per heavy atom. The average molecular weight is 345 g/mol. The quantitative estimate of drug-likeness (QED) is 0.679. The number of aromatic nitrogens is 3. The van der Waals surface area contributed by atoms with Gasteiger partial charge in [0.25, 0.3) is 0 Å². The molecule has 1 aromatic carbocycles. The molecule has 0 aliphatic heterocycles. The van der Waals surface area contributed by atoms with Crippen LogP contribution in [-0.4, -0.2) is 21.0 Å². The molecule has 5 nitrogen and oxygen atoms in total. The fraction of sp³-hybridized carbons (Fsp3) is 0.286. The summed E-state index contributed by atoms with van der Waals surface area (Å²) in [6.45, 7) is 0. The fourth-order valence-corrected chi connectivity index (χ4v) is 3.34. The molecule has 26 heavy (non-hydrogen) atoms. The molecule has 0 spiro atoms. The second kappa shape index (κ2) is 7.95. The zero-order valence-corrected chi connectivity index (χ0v) is 14.7. The topological polar surface area (TPSA) is 62.7 Å². The SMILES string of the molecule is c1ccc(-c2nc(Nc3ccncc3)cc(NC3CCCCC3)n2)cc1. The lowest BCUT2D eigenvalue weighted by atomic mass is 9.95. The molecule has 1 aliphatic rings. The molecule has 2 aromatic heterocycles. The highest BCUT2D eigenvalue weighted by atomic mass is 15.1. The molecule has 4 rings (SSSR count). The van der Waals surface area contributed by atoms with Crippen LogP contribution in [0, 0.1) is 0 Å². The highest BCUT2D eigenvalue weighted by Gasteiger charge is 2.15. The van der Waals surface area contributed by atoms with E-state index in [9.17, 15) is 0 Å². The first-order valence-electron chi connectivity index (χ1n) is 9.25. The number of rotatable bonds is 5. The van der Waals surface area contributed by atoms with E-state index in [1.807, 2.05) is 48.5 Å². The van der Waals surface area contributed by atoms with Crippen molar-refractivity contribution in [1.29, 1.82) is 0 Å². The summed E-state index contributed by atoms with van der Waals surface area (Å²) in [5.41, 5.74) is 1.97. The number of pyridine rings is 1. The van der Waals surface area contributed by atoms with Gasteiger partial charge in [0.15, 0.2) is 5.82 Å². The van der Waals surface area contributed by atoms with Gasteiger partial charge in [-0.15, -0.1) is 0 Å². The Morgan fingerprint density at radius 2 is 1.54 bits per heavy atom. The van der Waals surface area contributed by atoms with E-state index in [-0.39, 0.29) is 0 Å². The monoisotopic (exact) mass is 345 g/mol. The predicted octanol–water partition coefficient (Wildman–Crippen LogP) is 5.03. The van der Waals surface area contributed by atoms with Crippen LogP contribution in [-0.2, 0) is 0 Å². The smallest absolute Gasteiger partial charge is 0.163 e. The van der Waals surface area contributed by atoms with Gasteiger partial charge in [-0.2, -0.15) is 0 Å². The Hall–Kier alpha value is -2.95. The minimum Gasteiger partial charge on any atom is -0.367 e. The average Bonchev–Trinajstić information content (AvgIpc) is 2.70. The van der Waals surface area contributed by atoms with Crippen LogP contribution in [0.4, 0.5) is 17.3 Å². The maximum absolute atomic E-state index is 4.76. The Labute approximate surface area is 153 Å². The van der Waals surface area contributed by atoms with Gasteiger partial charge in [0, 0.05) is 35.8 Å². The van der Waals surface area contributed by atoms with E-state index in [1.54, 1.807) is 12.4 Å². The first-order chi connectivity index (χ1) is 12.9. The van der Waals surface area contributed by atoms with Crippen LogP contribution >= 0.6 is 0 Å². The van der Waals surface area contributed by atoms with Crippen molar-refractivity contribution < 1.29 is 0 Å². The molecule has 5 heteroatoms. The van der Waals surface area contributed by atoms with E-state index in [0.717, 1.165) is 28.7 Å². The van der Waals surface area contributed by atoms with Gasteiger partial charge in [0.2, 0.25) is 0 Å². The van der Waals surface area contributed by atoms with Gasteiger partial charge in [-0.25, -0.2) is 9.97 Å².